The molecule has 0 fully saturated rings. The number of amides is 1. The molecule has 0 aliphatic carbocycles. The minimum absolute atomic E-state index is 0.0426. The summed E-state index contributed by atoms with van der Waals surface area (Å²) in [7, 11) is 0. The van der Waals surface area contributed by atoms with Crippen molar-refractivity contribution < 1.29 is 19.1 Å². The van der Waals surface area contributed by atoms with Crippen LogP contribution in [0.25, 0.3) is 0 Å². The van der Waals surface area contributed by atoms with Gasteiger partial charge in [-0.15, -0.1) is 0 Å². The van der Waals surface area contributed by atoms with Gasteiger partial charge in [-0.25, -0.2) is 4.79 Å². The average molecular weight is 266 g/mol. The predicted molar refractivity (Wildman–Crippen MR) is 69.0 cm³/mol. The van der Waals surface area contributed by atoms with Crippen molar-refractivity contribution in [2.45, 2.75) is 33.2 Å². The molecule has 0 radical (unpaired) electrons. The fourth-order valence-corrected chi connectivity index (χ4v) is 1.34. The van der Waals surface area contributed by atoms with Crippen molar-refractivity contribution >= 4 is 17.7 Å². The van der Waals surface area contributed by atoms with Gasteiger partial charge in [-0.3, -0.25) is 9.59 Å². The molecule has 104 valence electrons. The van der Waals surface area contributed by atoms with Gasteiger partial charge in [0.05, 0.1) is 0 Å². The van der Waals surface area contributed by atoms with Crippen LogP contribution in [0.3, 0.4) is 0 Å². The number of aromatic amines is 1. The largest absolute Gasteiger partial charge is 0.451 e. The lowest BCUT2D eigenvalue weighted by Crippen LogP contribution is -2.35. The lowest BCUT2D eigenvalue weighted by molar-refractivity contribution is -0.124. The number of esters is 1. The molecule has 0 unspecified atom stereocenters. The van der Waals surface area contributed by atoms with E-state index in [1.54, 1.807) is 0 Å². The normalized spacial score (nSPS) is 11.7. The molecule has 0 saturated heterocycles. The van der Waals surface area contributed by atoms with E-state index in [-0.39, 0.29) is 30.0 Å². The lowest BCUT2D eigenvalue weighted by Gasteiger charge is -2.11. The fourth-order valence-electron chi connectivity index (χ4n) is 1.34. The Morgan fingerprint density at radius 2 is 2.11 bits per heavy atom. The van der Waals surface area contributed by atoms with Crippen molar-refractivity contribution in [2.24, 2.45) is 0 Å². The first-order chi connectivity index (χ1) is 8.93. The Labute approximate surface area is 111 Å². The highest BCUT2D eigenvalue weighted by Gasteiger charge is 2.14. The molecule has 1 aromatic heterocycles. The lowest BCUT2D eigenvalue weighted by atomic mass is 10.2. The van der Waals surface area contributed by atoms with Crippen LogP contribution in [-0.4, -0.2) is 35.3 Å². The van der Waals surface area contributed by atoms with Gasteiger partial charge in [0.15, 0.2) is 12.4 Å². The topological polar surface area (TPSA) is 88.3 Å². The summed E-state index contributed by atoms with van der Waals surface area (Å²) in [5, 5.41) is 2.68. The van der Waals surface area contributed by atoms with Crippen LogP contribution in [0.15, 0.2) is 12.3 Å². The second-order valence-corrected chi connectivity index (χ2v) is 4.31. The highest BCUT2D eigenvalue weighted by Crippen LogP contribution is 2.05. The van der Waals surface area contributed by atoms with Crippen LogP contribution in [0.4, 0.5) is 0 Å². The number of H-pyrrole nitrogens is 1. The minimum atomic E-state index is -0.660. The first kappa shape index (κ1) is 14.9. The van der Waals surface area contributed by atoms with Crippen molar-refractivity contribution in [2.75, 3.05) is 6.61 Å². The summed E-state index contributed by atoms with van der Waals surface area (Å²) in [5.74, 6) is -1.15. The summed E-state index contributed by atoms with van der Waals surface area (Å²) < 4.78 is 4.83. The van der Waals surface area contributed by atoms with E-state index in [0.717, 1.165) is 6.42 Å². The number of aromatic nitrogens is 1. The van der Waals surface area contributed by atoms with E-state index in [1.807, 2.05) is 13.8 Å². The van der Waals surface area contributed by atoms with Crippen LogP contribution in [0.2, 0.25) is 0 Å². The number of carbonyl (C=O) groups excluding carboxylic acids is 3. The van der Waals surface area contributed by atoms with E-state index in [1.165, 1.54) is 19.2 Å². The van der Waals surface area contributed by atoms with Gasteiger partial charge >= 0.3 is 5.97 Å². The number of carbonyl (C=O) groups is 3. The summed E-state index contributed by atoms with van der Waals surface area (Å²) in [5.41, 5.74) is 0.553. The van der Waals surface area contributed by atoms with Gasteiger partial charge in [0.1, 0.15) is 5.69 Å². The smallest absolute Gasteiger partial charge is 0.355 e. The molecule has 1 aromatic rings. The molecule has 6 nitrogen and oxygen atoms in total. The van der Waals surface area contributed by atoms with Gasteiger partial charge in [-0.2, -0.15) is 0 Å². The molecule has 1 rings (SSSR count). The van der Waals surface area contributed by atoms with Crippen molar-refractivity contribution in [1.82, 2.24) is 10.3 Å². The summed E-state index contributed by atoms with van der Waals surface area (Å²) in [6.07, 6.45) is 2.23. The minimum Gasteiger partial charge on any atom is -0.451 e. The van der Waals surface area contributed by atoms with Crippen molar-refractivity contribution in [3.63, 3.8) is 0 Å². The maximum Gasteiger partial charge on any atom is 0.355 e. The van der Waals surface area contributed by atoms with Gasteiger partial charge in [-0.05, 0) is 26.3 Å². The maximum absolute atomic E-state index is 11.6. The molecule has 0 aliphatic heterocycles. The molecule has 19 heavy (non-hydrogen) atoms. The number of nitrogens with one attached hydrogen (secondary N) is 2. The molecule has 0 spiro atoms. The Hall–Kier alpha value is -2.11. The molecule has 0 saturated carbocycles. The maximum atomic E-state index is 11.6. The molecule has 0 aromatic carbocycles. The molecular formula is C13H18N2O4. The van der Waals surface area contributed by atoms with E-state index in [4.69, 9.17) is 4.74 Å². The average Bonchev–Trinajstić information content (AvgIpc) is 2.85. The summed E-state index contributed by atoms with van der Waals surface area (Å²) >= 11 is 0. The SMILES string of the molecule is CC[C@@H](C)NC(=O)COC(=O)c1cc(C(C)=O)c[nH]1. The molecule has 1 heterocycles. The van der Waals surface area contributed by atoms with E-state index in [9.17, 15) is 14.4 Å². The number of hydrogen-bond acceptors (Lipinski definition) is 4. The first-order valence-corrected chi connectivity index (χ1v) is 6.09. The molecule has 6 heteroatoms. The van der Waals surface area contributed by atoms with Crippen molar-refractivity contribution in [3.8, 4) is 0 Å². The first-order valence-electron chi connectivity index (χ1n) is 6.09. The number of hydrogen-bond donors (Lipinski definition) is 2. The Bertz CT molecular complexity index is 479. The number of ether oxygens (including phenoxy) is 1. The van der Waals surface area contributed by atoms with E-state index < -0.39 is 5.97 Å². The van der Waals surface area contributed by atoms with Crippen LogP contribution in [-0.2, 0) is 9.53 Å². The Balaban J connectivity index is 2.46. The standard InChI is InChI=1S/C13H18N2O4/c1-4-8(2)15-12(17)7-19-13(18)11-5-10(6-14-11)9(3)16/h5-6,8,14H,4,7H2,1-3H3,(H,15,17)/t8-/m1/s1. The van der Waals surface area contributed by atoms with Gasteiger partial charge in [0, 0.05) is 17.8 Å². The second kappa shape index (κ2) is 6.72. The zero-order valence-corrected chi connectivity index (χ0v) is 11.3. The second-order valence-electron chi connectivity index (χ2n) is 4.31. The molecule has 2 N–H and O–H groups in total. The van der Waals surface area contributed by atoms with Crippen LogP contribution < -0.4 is 5.32 Å². The monoisotopic (exact) mass is 266 g/mol. The Morgan fingerprint density at radius 1 is 1.42 bits per heavy atom. The quantitative estimate of drug-likeness (QED) is 0.600. The van der Waals surface area contributed by atoms with Crippen LogP contribution in [0.1, 0.15) is 48.0 Å². The van der Waals surface area contributed by atoms with Gasteiger partial charge in [0.2, 0.25) is 0 Å². The van der Waals surface area contributed by atoms with Crippen LogP contribution in [0.5, 0.6) is 0 Å². The molecule has 1 atom stereocenters. The van der Waals surface area contributed by atoms with E-state index >= 15 is 0 Å². The van der Waals surface area contributed by atoms with E-state index in [0.29, 0.717) is 5.56 Å². The highest BCUT2D eigenvalue weighted by molar-refractivity contribution is 5.97. The van der Waals surface area contributed by atoms with Crippen LogP contribution in [0, 0.1) is 0 Å². The Morgan fingerprint density at radius 3 is 2.63 bits per heavy atom. The zero-order valence-electron chi connectivity index (χ0n) is 11.3. The molecule has 0 aliphatic rings. The summed E-state index contributed by atoms with van der Waals surface area (Å²) in [4.78, 5) is 36.7. The van der Waals surface area contributed by atoms with Gasteiger partial charge < -0.3 is 15.0 Å². The van der Waals surface area contributed by atoms with Gasteiger partial charge in [0.25, 0.3) is 5.91 Å². The predicted octanol–water partition coefficient (Wildman–Crippen LogP) is 1.29. The van der Waals surface area contributed by atoms with Crippen LogP contribution >= 0.6 is 0 Å². The third-order valence-electron chi connectivity index (χ3n) is 2.66. The summed E-state index contributed by atoms with van der Waals surface area (Å²) in [6, 6.07) is 1.44. The Kier molecular flexibility index (Phi) is 5.29. The number of Topliss-reactive ketones (excluding diaryl/α,β-unsaturated/α-hetero) is 1. The molecule has 1 amide bonds. The highest BCUT2D eigenvalue weighted by atomic mass is 16.5. The summed E-state index contributed by atoms with van der Waals surface area (Å²) in [6.45, 7) is 4.87. The fraction of sp³-hybridized carbons (Fsp3) is 0.462. The van der Waals surface area contributed by atoms with Gasteiger partial charge in [-0.1, -0.05) is 6.92 Å². The van der Waals surface area contributed by atoms with E-state index in [2.05, 4.69) is 10.3 Å². The van der Waals surface area contributed by atoms with Crippen molar-refractivity contribution in [1.29, 1.82) is 0 Å². The van der Waals surface area contributed by atoms with Crippen molar-refractivity contribution in [3.05, 3.63) is 23.5 Å². The third-order valence-corrected chi connectivity index (χ3v) is 2.66. The number of rotatable bonds is 6. The zero-order chi connectivity index (χ0) is 14.4. The molecular weight excluding hydrogens is 248 g/mol. The molecule has 0 bridgehead atoms. The number of ketones is 1. The third kappa shape index (κ3) is 4.57.